The summed E-state index contributed by atoms with van der Waals surface area (Å²) < 4.78 is 9.65. The van der Waals surface area contributed by atoms with E-state index in [0.717, 1.165) is 12.1 Å². The summed E-state index contributed by atoms with van der Waals surface area (Å²) in [5, 5.41) is 3.50. The molecule has 0 aromatic heterocycles. The van der Waals surface area contributed by atoms with Gasteiger partial charge in [0.25, 0.3) is 0 Å². The third kappa shape index (κ3) is 3.72. The van der Waals surface area contributed by atoms with Crippen molar-refractivity contribution in [1.82, 2.24) is 5.32 Å². The van der Waals surface area contributed by atoms with Crippen LogP contribution < -0.4 is 10.1 Å². The third-order valence-corrected chi connectivity index (χ3v) is 2.25. The Balaban J connectivity index is 2.64. The van der Waals surface area contributed by atoms with E-state index in [-0.39, 0.29) is 6.61 Å². The molecule has 1 aromatic carbocycles. The molecule has 0 spiro atoms. The Morgan fingerprint density at radius 1 is 1.50 bits per heavy atom. The fourth-order valence-electron chi connectivity index (χ4n) is 1.17. The van der Waals surface area contributed by atoms with E-state index in [4.69, 9.17) is 16.3 Å². The SMILES string of the molecule is CNCc1ccc(OCC(=O)OC)c(Cl)c1. The molecule has 0 saturated carbocycles. The topological polar surface area (TPSA) is 47.6 Å². The Labute approximate surface area is 99.5 Å². The van der Waals surface area contributed by atoms with Gasteiger partial charge in [0.1, 0.15) is 5.75 Å². The van der Waals surface area contributed by atoms with Crippen molar-refractivity contribution in [3.63, 3.8) is 0 Å². The molecule has 0 aliphatic carbocycles. The second-order valence-electron chi connectivity index (χ2n) is 3.16. The van der Waals surface area contributed by atoms with Crippen LogP contribution >= 0.6 is 11.6 Å². The van der Waals surface area contributed by atoms with Crippen LogP contribution in [0.3, 0.4) is 0 Å². The van der Waals surface area contributed by atoms with Gasteiger partial charge in [0, 0.05) is 6.54 Å². The molecule has 0 aliphatic rings. The first kappa shape index (κ1) is 12.8. The highest BCUT2D eigenvalue weighted by atomic mass is 35.5. The highest BCUT2D eigenvalue weighted by Crippen LogP contribution is 2.25. The number of hydrogen-bond donors (Lipinski definition) is 1. The summed E-state index contributed by atoms with van der Waals surface area (Å²) in [5.74, 6) is 0.0438. The maximum atomic E-state index is 10.9. The molecule has 0 amide bonds. The highest BCUT2D eigenvalue weighted by molar-refractivity contribution is 6.32. The lowest BCUT2D eigenvalue weighted by Crippen LogP contribution is -2.12. The molecular formula is C11H14ClNO3. The number of rotatable bonds is 5. The van der Waals surface area contributed by atoms with Gasteiger partial charge in [-0.1, -0.05) is 17.7 Å². The Kier molecular flexibility index (Phi) is 5.08. The zero-order valence-corrected chi connectivity index (χ0v) is 10.0. The molecule has 1 aromatic rings. The van der Waals surface area contributed by atoms with Gasteiger partial charge in [0.05, 0.1) is 12.1 Å². The van der Waals surface area contributed by atoms with Crippen LogP contribution in [0.5, 0.6) is 5.75 Å². The van der Waals surface area contributed by atoms with Gasteiger partial charge >= 0.3 is 5.97 Å². The molecule has 5 heteroatoms. The second-order valence-corrected chi connectivity index (χ2v) is 3.57. The number of halogens is 1. The molecule has 0 atom stereocenters. The van der Waals surface area contributed by atoms with E-state index < -0.39 is 5.97 Å². The molecule has 0 heterocycles. The Morgan fingerprint density at radius 2 is 2.25 bits per heavy atom. The molecule has 16 heavy (non-hydrogen) atoms. The van der Waals surface area contributed by atoms with E-state index in [1.54, 1.807) is 12.1 Å². The Morgan fingerprint density at radius 3 is 2.81 bits per heavy atom. The number of hydrogen-bond acceptors (Lipinski definition) is 4. The van der Waals surface area contributed by atoms with Gasteiger partial charge in [-0.2, -0.15) is 0 Å². The van der Waals surface area contributed by atoms with Crippen LogP contribution in [-0.4, -0.2) is 26.7 Å². The number of carbonyl (C=O) groups is 1. The average molecular weight is 244 g/mol. The van der Waals surface area contributed by atoms with Crippen molar-refractivity contribution in [1.29, 1.82) is 0 Å². The normalized spacial score (nSPS) is 9.94. The predicted octanol–water partition coefficient (Wildman–Crippen LogP) is 1.61. The fourth-order valence-corrected chi connectivity index (χ4v) is 1.43. The average Bonchev–Trinajstić information content (AvgIpc) is 2.28. The lowest BCUT2D eigenvalue weighted by molar-refractivity contribution is -0.142. The number of esters is 1. The van der Waals surface area contributed by atoms with Gasteiger partial charge in [-0.3, -0.25) is 0 Å². The van der Waals surface area contributed by atoms with E-state index >= 15 is 0 Å². The van der Waals surface area contributed by atoms with Gasteiger partial charge in [0.2, 0.25) is 0 Å². The summed E-state index contributed by atoms with van der Waals surface area (Å²) in [5.41, 5.74) is 1.05. The summed E-state index contributed by atoms with van der Waals surface area (Å²) in [6.45, 7) is 0.596. The monoisotopic (exact) mass is 243 g/mol. The maximum absolute atomic E-state index is 10.9. The number of carbonyl (C=O) groups excluding carboxylic acids is 1. The Hall–Kier alpha value is -1.26. The lowest BCUT2D eigenvalue weighted by atomic mass is 10.2. The molecule has 1 rings (SSSR count). The smallest absolute Gasteiger partial charge is 0.343 e. The minimum Gasteiger partial charge on any atom is -0.480 e. The lowest BCUT2D eigenvalue weighted by Gasteiger charge is -2.08. The number of benzene rings is 1. The fraction of sp³-hybridized carbons (Fsp3) is 0.364. The van der Waals surface area contributed by atoms with Gasteiger partial charge < -0.3 is 14.8 Å². The minimum absolute atomic E-state index is 0.137. The number of ether oxygens (including phenoxy) is 2. The minimum atomic E-state index is -0.435. The van der Waals surface area contributed by atoms with Crippen molar-refractivity contribution < 1.29 is 14.3 Å². The molecule has 0 unspecified atom stereocenters. The van der Waals surface area contributed by atoms with Crippen LogP contribution in [0.4, 0.5) is 0 Å². The zero-order chi connectivity index (χ0) is 12.0. The Bertz CT molecular complexity index is 368. The van der Waals surface area contributed by atoms with Crippen LogP contribution in [0.2, 0.25) is 5.02 Å². The molecule has 0 saturated heterocycles. The van der Waals surface area contributed by atoms with Crippen LogP contribution in [0.25, 0.3) is 0 Å². The predicted molar refractivity (Wildman–Crippen MR) is 61.7 cm³/mol. The summed E-state index contributed by atoms with van der Waals surface area (Å²) in [6.07, 6.45) is 0. The van der Waals surface area contributed by atoms with Gasteiger partial charge in [-0.05, 0) is 24.7 Å². The first-order valence-electron chi connectivity index (χ1n) is 4.80. The first-order chi connectivity index (χ1) is 7.67. The molecule has 4 nitrogen and oxygen atoms in total. The summed E-state index contributed by atoms with van der Waals surface area (Å²) in [7, 11) is 3.17. The summed E-state index contributed by atoms with van der Waals surface area (Å²) in [4.78, 5) is 10.9. The van der Waals surface area contributed by atoms with Crippen molar-refractivity contribution in [3.05, 3.63) is 28.8 Å². The molecular weight excluding hydrogens is 230 g/mol. The van der Waals surface area contributed by atoms with Gasteiger partial charge in [-0.15, -0.1) is 0 Å². The molecule has 0 bridgehead atoms. The number of nitrogens with one attached hydrogen (secondary N) is 1. The van der Waals surface area contributed by atoms with Gasteiger partial charge in [0.15, 0.2) is 6.61 Å². The standard InChI is InChI=1S/C11H14ClNO3/c1-13-6-8-3-4-10(9(12)5-8)16-7-11(14)15-2/h3-5,13H,6-7H2,1-2H3. The molecule has 0 fully saturated rings. The van der Waals surface area contributed by atoms with E-state index in [1.165, 1.54) is 7.11 Å². The van der Waals surface area contributed by atoms with E-state index in [0.29, 0.717) is 10.8 Å². The van der Waals surface area contributed by atoms with Crippen LogP contribution in [0.15, 0.2) is 18.2 Å². The zero-order valence-electron chi connectivity index (χ0n) is 9.25. The first-order valence-corrected chi connectivity index (χ1v) is 5.17. The summed E-state index contributed by atoms with van der Waals surface area (Å²) >= 11 is 5.99. The highest BCUT2D eigenvalue weighted by Gasteiger charge is 2.06. The van der Waals surface area contributed by atoms with Crippen LogP contribution in [-0.2, 0) is 16.1 Å². The largest absolute Gasteiger partial charge is 0.480 e. The summed E-state index contributed by atoms with van der Waals surface area (Å²) in [6, 6.07) is 5.41. The van der Waals surface area contributed by atoms with Crippen LogP contribution in [0.1, 0.15) is 5.56 Å². The molecule has 88 valence electrons. The number of methoxy groups -OCH3 is 1. The molecule has 0 radical (unpaired) electrons. The molecule has 1 N–H and O–H groups in total. The molecule has 0 aliphatic heterocycles. The van der Waals surface area contributed by atoms with Crippen LogP contribution in [0, 0.1) is 0 Å². The van der Waals surface area contributed by atoms with Crippen molar-refractivity contribution in [2.45, 2.75) is 6.54 Å². The van der Waals surface area contributed by atoms with E-state index in [1.807, 2.05) is 13.1 Å². The van der Waals surface area contributed by atoms with Crippen molar-refractivity contribution in [3.8, 4) is 5.75 Å². The van der Waals surface area contributed by atoms with Crippen molar-refractivity contribution in [2.75, 3.05) is 20.8 Å². The van der Waals surface area contributed by atoms with Crippen molar-refractivity contribution >= 4 is 17.6 Å². The van der Waals surface area contributed by atoms with E-state index in [2.05, 4.69) is 10.1 Å². The van der Waals surface area contributed by atoms with Crippen molar-refractivity contribution in [2.24, 2.45) is 0 Å². The van der Waals surface area contributed by atoms with Gasteiger partial charge in [-0.25, -0.2) is 4.79 Å². The quantitative estimate of drug-likeness (QED) is 0.799. The third-order valence-electron chi connectivity index (χ3n) is 1.95. The van der Waals surface area contributed by atoms with E-state index in [9.17, 15) is 4.79 Å². The maximum Gasteiger partial charge on any atom is 0.343 e. The second kappa shape index (κ2) is 6.35.